The van der Waals surface area contributed by atoms with E-state index < -0.39 is 0 Å². The predicted molar refractivity (Wildman–Crippen MR) is 109 cm³/mol. The van der Waals surface area contributed by atoms with E-state index in [-0.39, 0.29) is 43.7 Å². The monoisotopic (exact) mass is 397 g/mol. The molecule has 2 aliphatic rings. The fourth-order valence-corrected chi connectivity index (χ4v) is 3.73. The summed E-state index contributed by atoms with van der Waals surface area (Å²) in [5.74, 6) is 0.249. The van der Waals surface area contributed by atoms with Gasteiger partial charge < -0.3 is 9.47 Å². The normalized spacial score (nSPS) is 18.9. The summed E-state index contributed by atoms with van der Waals surface area (Å²) >= 11 is 0. The minimum absolute atomic E-state index is 0. The summed E-state index contributed by atoms with van der Waals surface area (Å²) < 4.78 is 10.3. The summed E-state index contributed by atoms with van der Waals surface area (Å²) in [5.41, 5.74) is 4.69. The number of benzene rings is 1. The molecular weight excluding hydrogens is 363 g/mol. The molecular formula is C22H34ArBO3. The summed E-state index contributed by atoms with van der Waals surface area (Å²) in [6.07, 6.45) is 8.30. The van der Waals surface area contributed by atoms with Crippen molar-refractivity contribution in [2.45, 2.75) is 83.6 Å². The van der Waals surface area contributed by atoms with Crippen LogP contribution in [-0.2, 0) is 19.7 Å². The number of carbonyl (C=O) groups excluding carboxylic acids is 1. The van der Waals surface area contributed by atoms with Crippen LogP contribution in [0.3, 0.4) is 0 Å². The number of esters is 1. The van der Waals surface area contributed by atoms with Crippen LogP contribution in [0, 0.1) is 37.7 Å². The molecule has 5 heteroatoms. The summed E-state index contributed by atoms with van der Waals surface area (Å²) in [5, 5.41) is 0. The third kappa shape index (κ3) is 7.72. The van der Waals surface area contributed by atoms with Crippen molar-refractivity contribution in [1.82, 2.24) is 0 Å². The van der Waals surface area contributed by atoms with Crippen molar-refractivity contribution < 1.29 is 52.0 Å². The zero-order valence-corrected chi connectivity index (χ0v) is 18.2. The molecule has 0 bridgehead atoms. The Labute approximate surface area is 196 Å². The molecule has 1 radical (unpaired) electrons. The van der Waals surface area contributed by atoms with E-state index in [0.29, 0.717) is 17.4 Å². The van der Waals surface area contributed by atoms with Gasteiger partial charge in [0.05, 0.1) is 19.8 Å². The van der Waals surface area contributed by atoms with Gasteiger partial charge in [0.25, 0.3) is 0 Å². The first-order valence-corrected chi connectivity index (χ1v) is 9.97. The molecule has 0 spiro atoms. The maximum absolute atomic E-state index is 9.59. The van der Waals surface area contributed by atoms with Crippen LogP contribution in [0.5, 0.6) is 0 Å². The summed E-state index contributed by atoms with van der Waals surface area (Å²) in [6, 6.07) is 7.02. The second-order valence-corrected chi connectivity index (χ2v) is 8.33. The van der Waals surface area contributed by atoms with Crippen LogP contribution in [0.4, 0.5) is 0 Å². The van der Waals surface area contributed by atoms with Gasteiger partial charge in [0.1, 0.15) is 0 Å². The van der Waals surface area contributed by atoms with E-state index in [0.717, 1.165) is 6.61 Å². The van der Waals surface area contributed by atoms with E-state index in [2.05, 4.69) is 51.0 Å². The molecule has 3 rings (SSSR count). The molecule has 1 aromatic rings. The maximum Gasteiger partial charge on any atom is 0.302 e. The van der Waals surface area contributed by atoms with Gasteiger partial charge in [0, 0.05) is 50.6 Å². The Bertz CT molecular complexity index is 597. The van der Waals surface area contributed by atoms with Gasteiger partial charge in [0.2, 0.25) is 0 Å². The minimum Gasteiger partial charge on any atom is -0.469 e. The Balaban J connectivity index is 0.000000542. The van der Waals surface area contributed by atoms with Gasteiger partial charge in [-0.3, -0.25) is 4.79 Å². The first-order valence-electron chi connectivity index (χ1n) is 9.97. The minimum atomic E-state index is -0.245. The van der Waals surface area contributed by atoms with E-state index in [1.165, 1.54) is 69.0 Å². The van der Waals surface area contributed by atoms with E-state index in [9.17, 15) is 4.79 Å². The number of hydrogen-bond acceptors (Lipinski definition) is 3. The van der Waals surface area contributed by atoms with E-state index in [4.69, 9.17) is 4.74 Å². The first-order chi connectivity index (χ1) is 12.3. The molecule has 1 heterocycles. The summed E-state index contributed by atoms with van der Waals surface area (Å²) in [6.45, 7) is 9.23. The number of hydrogen-bond donors (Lipinski definition) is 0. The molecule has 0 aromatic heterocycles. The van der Waals surface area contributed by atoms with Crippen molar-refractivity contribution in [1.29, 1.82) is 0 Å². The van der Waals surface area contributed by atoms with E-state index >= 15 is 0 Å². The Kier molecular flexibility index (Phi) is 11.0. The maximum atomic E-state index is 9.59. The van der Waals surface area contributed by atoms with Crippen LogP contribution in [-0.4, -0.2) is 33.1 Å². The Hall–Kier alpha value is -0.0253. The molecule has 1 atom stereocenters. The van der Waals surface area contributed by atoms with Gasteiger partial charge in [-0.1, -0.05) is 70.0 Å². The van der Waals surface area contributed by atoms with Crippen LogP contribution >= 0.6 is 0 Å². The van der Waals surface area contributed by atoms with Gasteiger partial charge in [-0.15, -0.1) is 0 Å². The Morgan fingerprint density at radius 1 is 1.26 bits per heavy atom. The van der Waals surface area contributed by atoms with E-state index in [1.54, 1.807) is 0 Å². The zero-order chi connectivity index (χ0) is 19.2. The number of fused-ring (bicyclic) bond motifs is 1. The molecule has 0 saturated heterocycles. The van der Waals surface area contributed by atoms with Crippen molar-refractivity contribution in [2.24, 2.45) is 0 Å². The number of rotatable bonds is 4. The van der Waals surface area contributed by atoms with Crippen molar-refractivity contribution in [3.63, 3.8) is 0 Å². The van der Waals surface area contributed by atoms with E-state index in [1.807, 2.05) is 0 Å². The van der Waals surface area contributed by atoms with Crippen LogP contribution in [0.1, 0.15) is 76.8 Å². The molecule has 1 fully saturated rings. The van der Waals surface area contributed by atoms with Crippen molar-refractivity contribution in [3.05, 3.63) is 29.3 Å². The molecule has 1 aliphatic carbocycles. The average molecular weight is 397 g/mol. The molecule has 27 heavy (non-hydrogen) atoms. The third-order valence-electron chi connectivity index (χ3n) is 5.63. The summed E-state index contributed by atoms with van der Waals surface area (Å²) in [4.78, 5) is 9.59. The smallest absolute Gasteiger partial charge is 0.302 e. The number of ether oxygens (including phenoxy) is 2. The molecule has 0 amide bonds. The van der Waals surface area contributed by atoms with Crippen molar-refractivity contribution in [2.75, 3.05) is 13.7 Å². The SMILES string of the molecule is CC(COC1CCCCC1)c1ccc2c(c1)C(C)(C)C[B]2.COC(C)=O.[Ar]. The summed E-state index contributed by atoms with van der Waals surface area (Å²) in [7, 11) is 3.73. The number of carbonyl (C=O) groups is 1. The van der Waals surface area contributed by atoms with Crippen molar-refractivity contribution >= 4 is 18.7 Å². The fourth-order valence-electron chi connectivity index (χ4n) is 3.73. The molecule has 0 N–H and O–H groups in total. The average Bonchev–Trinajstić information content (AvgIpc) is 2.95. The first kappa shape index (κ1) is 25.0. The standard InChI is InChI=1S/C19H28BO.C3H6O2.Ar/c1-14(12-21-16-7-5-4-6-8-16)15-9-10-18-17(11-15)19(2,3)13-20-18;1-3(4)5-2;/h9-11,14,16H,4-8,12-13H2,1-3H3;1-2H3;. The van der Waals surface area contributed by atoms with Gasteiger partial charge in [-0.2, -0.15) is 0 Å². The topological polar surface area (TPSA) is 35.5 Å². The Morgan fingerprint density at radius 3 is 2.48 bits per heavy atom. The van der Waals surface area contributed by atoms with Gasteiger partial charge >= 0.3 is 5.97 Å². The predicted octanol–water partition coefficient (Wildman–Crippen LogP) is 4.36. The van der Waals surface area contributed by atoms with Crippen LogP contribution in [0.2, 0.25) is 6.32 Å². The molecule has 1 unspecified atom stereocenters. The zero-order valence-electron chi connectivity index (χ0n) is 17.5. The van der Waals surface area contributed by atoms with Crippen LogP contribution < -0.4 is 5.46 Å². The van der Waals surface area contributed by atoms with Crippen molar-refractivity contribution in [3.8, 4) is 0 Å². The molecule has 1 saturated carbocycles. The van der Waals surface area contributed by atoms with Gasteiger partial charge in [0.15, 0.2) is 7.28 Å². The van der Waals surface area contributed by atoms with Gasteiger partial charge in [-0.25, -0.2) is 0 Å². The van der Waals surface area contributed by atoms with Crippen LogP contribution in [0.15, 0.2) is 18.2 Å². The second kappa shape index (κ2) is 11.9. The fraction of sp³-hybridized carbons (Fsp3) is 0.682. The molecule has 1 aliphatic heterocycles. The molecule has 1 aromatic carbocycles. The van der Waals surface area contributed by atoms with Gasteiger partial charge in [-0.05, 0) is 29.4 Å². The molecule has 3 nitrogen and oxygen atoms in total. The third-order valence-corrected chi connectivity index (χ3v) is 5.63. The number of methoxy groups -OCH3 is 1. The quantitative estimate of drug-likeness (QED) is 0.560. The largest absolute Gasteiger partial charge is 0.469 e. The molecule has 151 valence electrons. The van der Waals surface area contributed by atoms with Crippen LogP contribution in [0.25, 0.3) is 0 Å². The second-order valence-electron chi connectivity index (χ2n) is 8.33. The Morgan fingerprint density at radius 2 is 1.89 bits per heavy atom.